The van der Waals surface area contributed by atoms with Crippen molar-refractivity contribution in [3.8, 4) is 34.1 Å². The average Bonchev–Trinajstić information content (AvgIpc) is 3.16. The van der Waals surface area contributed by atoms with E-state index in [1.54, 1.807) is 12.4 Å². The highest BCUT2D eigenvalue weighted by Gasteiger charge is 2.27. The summed E-state index contributed by atoms with van der Waals surface area (Å²) < 4.78 is 11.0. The van der Waals surface area contributed by atoms with Crippen LogP contribution >= 0.6 is 0 Å². The van der Waals surface area contributed by atoms with E-state index in [-0.39, 0.29) is 34.8 Å². The summed E-state index contributed by atoms with van der Waals surface area (Å²) in [6.07, 6.45) is 5.22. The van der Waals surface area contributed by atoms with Crippen LogP contribution in [0.3, 0.4) is 0 Å². The van der Waals surface area contributed by atoms with Gasteiger partial charge in [-0.25, -0.2) is 0 Å². The molecule has 0 radical (unpaired) electrons. The van der Waals surface area contributed by atoms with Crippen LogP contribution < -0.4 is 0 Å². The van der Waals surface area contributed by atoms with Gasteiger partial charge in [-0.1, -0.05) is 39.8 Å². The summed E-state index contributed by atoms with van der Waals surface area (Å²) in [5.74, 6) is -0.598. The zero-order chi connectivity index (χ0) is 40.3. The Balaban J connectivity index is 1.49. The Morgan fingerprint density at radius 3 is 1.29 bits per heavy atom. The highest BCUT2D eigenvalue weighted by molar-refractivity contribution is 6.12. The van der Waals surface area contributed by atoms with Crippen LogP contribution in [-0.4, -0.2) is 121 Å². The summed E-state index contributed by atoms with van der Waals surface area (Å²) in [4.78, 5) is 14.4. The Kier molecular flexibility index (Phi) is 13.3. The number of phenols is 4. The van der Waals surface area contributed by atoms with Crippen LogP contribution in [0.15, 0.2) is 22.1 Å². The molecule has 2 fully saturated rings. The first-order chi connectivity index (χ1) is 26.8. The lowest BCUT2D eigenvalue weighted by Gasteiger charge is -2.26. The first-order valence-electron chi connectivity index (χ1n) is 20.5. The fourth-order valence-electron chi connectivity index (χ4n) is 9.01. The maximum atomic E-state index is 11.6. The van der Waals surface area contributed by atoms with Gasteiger partial charge in [0.2, 0.25) is 0 Å². The molecule has 10 nitrogen and oxygen atoms in total. The van der Waals surface area contributed by atoms with Gasteiger partial charge in [0.15, 0.2) is 23.0 Å². The van der Waals surface area contributed by atoms with E-state index in [0.717, 1.165) is 133 Å². The van der Waals surface area contributed by atoms with Gasteiger partial charge in [-0.05, 0) is 107 Å². The number of fused-ring (bicyclic) bond motifs is 2. The highest BCUT2D eigenvalue weighted by atomic mass is 16.5. The van der Waals surface area contributed by atoms with Crippen molar-refractivity contribution in [3.63, 3.8) is 0 Å². The van der Waals surface area contributed by atoms with E-state index < -0.39 is 0 Å². The highest BCUT2D eigenvalue weighted by Crippen LogP contribution is 2.50. The molecule has 0 atom stereocenters. The number of nitrogens with zero attached hydrogens (tertiary/aromatic N) is 4. The molecule has 0 aliphatic carbocycles. The Labute approximate surface area is 332 Å². The van der Waals surface area contributed by atoms with Crippen LogP contribution in [0, 0.1) is 27.7 Å². The predicted molar refractivity (Wildman–Crippen MR) is 229 cm³/mol. The van der Waals surface area contributed by atoms with Gasteiger partial charge in [-0.15, -0.1) is 0 Å². The molecule has 6 rings (SSSR count). The molecular weight excluding hydrogens is 705 g/mol. The quantitative estimate of drug-likeness (QED) is 0.0609. The third-order valence-electron chi connectivity index (χ3n) is 11.7. The van der Waals surface area contributed by atoms with E-state index in [4.69, 9.17) is 19.5 Å². The van der Waals surface area contributed by atoms with Crippen molar-refractivity contribution < 1.29 is 29.9 Å². The number of aliphatic imine (C=N–C) groups is 2. The predicted octanol–water partition coefficient (Wildman–Crippen LogP) is 8.25. The molecule has 56 heavy (non-hydrogen) atoms. The third kappa shape index (κ3) is 8.26. The molecule has 0 unspecified atom stereocenters. The fraction of sp³-hybridized carbons (Fsp3) is 0.522. The summed E-state index contributed by atoms with van der Waals surface area (Å²) in [5, 5.41) is 49.6. The average molecular weight is 767 g/mol. The normalized spacial score (nSPS) is 16.2. The second kappa shape index (κ2) is 17.9. The molecular formula is C46H62N4O6. The SMILES string of the molecule is Cc1cc2c(C(C)C)c(O)c(O)c(C=NCCCN3CCOCC3)c2c(C)c1-c1c(C)cc2c(C(C)C)c(O)c(O)c(C=NCCCN3CCOCC3)c2c1C. The van der Waals surface area contributed by atoms with Crippen molar-refractivity contribution in [3.05, 3.63) is 56.6 Å². The topological polar surface area (TPSA) is 131 Å². The molecule has 0 saturated carbocycles. The number of aryl methyl sites for hydroxylation is 4. The smallest absolute Gasteiger partial charge is 0.167 e. The van der Waals surface area contributed by atoms with Crippen molar-refractivity contribution in [2.24, 2.45) is 9.98 Å². The minimum Gasteiger partial charge on any atom is -0.504 e. The van der Waals surface area contributed by atoms with Crippen molar-refractivity contribution in [1.82, 2.24) is 9.80 Å². The first kappa shape index (κ1) is 41.4. The summed E-state index contributed by atoms with van der Waals surface area (Å²) in [5.41, 5.74) is 8.52. The van der Waals surface area contributed by atoms with Gasteiger partial charge in [0, 0.05) is 87.0 Å². The summed E-state index contributed by atoms with van der Waals surface area (Å²) >= 11 is 0. The number of phenolic OH excluding ortho intramolecular Hbond substituents is 4. The monoisotopic (exact) mass is 766 g/mol. The molecule has 2 aliphatic rings. The molecule has 0 bridgehead atoms. The van der Waals surface area contributed by atoms with Gasteiger partial charge in [-0.3, -0.25) is 19.8 Å². The van der Waals surface area contributed by atoms with Gasteiger partial charge < -0.3 is 29.9 Å². The van der Waals surface area contributed by atoms with Gasteiger partial charge in [0.1, 0.15) is 0 Å². The molecule has 2 heterocycles. The van der Waals surface area contributed by atoms with Crippen molar-refractivity contribution >= 4 is 34.0 Å². The number of aromatic hydroxyl groups is 4. The number of hydrogen-bond acceptors (Lipinski definition) is 10. The minimum atomic E-state index is -0.155. The zero-order valence-electron chi connectivity index (χ0n) is 34.8. The van der Waals surface area contributed by atoms with Crippen LogP contribution in [0.5, 0.6) is 23.0 Å². The maximum absolute atomic E-state index is 11.6. The molecule has 302 valence electrons. The molecule has 4 aromatic rings. The van der Waals surface area contributed by atoms with Crippen LogP contribution in [0.25, 0.3) is 32.7 Å². The van der Waals surface area contributed by atoms with E-state index in [1.165, 1.54) is 0 Å². The first-order valence-corrected chi connectivity index (χ1v) is 20.5. The van der Waals surface area contributed by atoms with Gasteiger partial charge >= 0.3 is 0 Å². The van der Waals surface area contributed by atoms with Crippen LogP contribution in [0.2, 0.25) is 0 Å². The van der Waals surface area contributed by atoms with Crippen molar-refractivity contribution in [2.75, 3.05) is 78.8 Å². The Hall–Kier alpha value is -4.22. The van der Waals surface area contributed by atoms with E-state index in [1.807, 2.05) is 27.7 Å². The van der Waals surface area contributed by atoms with Crippen molar-refractivity contribution in [1.29, 1.82) is 0 Å². The van der Waals surface area contributed by atoms with Gasteiger partial charge in [0.05, 0.1) is 26.4 Å². The van der Waals surface area contributed by atoms with Crippen molar-refractivity contribution in [2.45, 2.75) is 80.1 Å². The second-order valence-corrected chi connectivity index (χ2v) is 16.3. The molecule has 2 aliphatic heterocycles. The number of morpholine rings is 2. The second-order valence-electron chi connectivity index (χ2n) is 16.3. The van der Waals surface area contributed by atoms with E-state index >= 15 is 0 Å². The standard InChI is InChI=1S/C46H62N4O6/c1-27(2)37-33-23-29(5)39(31(7)41(33)35(43(51)45(37)53)25-47-11-9-13-49-15-19-55-20-16-49)40-30(6)24-34-38(28(3)4)46(54)44(52)36(42(34)32(40)8)26-48-12-10-14-50-17-21-56-22-18-50/h23-28,51-54H,9-22H2,1-8H3. The maximum Gasteiger partial charge on any atom is 0.167 e. The molecule has 0 spiro atoms. The molecule has 10 heteroatoms. The van der Waals surface area contributed by atoms with Crippen LogP contribution in [0.1, 0.15) is 96.9 Å². The summed E-state index contributed by atoms with van der Waals surface area (Å²) in [6, 6.07) is 4.27. The van der Waals surface area contributed by atoms with E-state index in [2.05, 4.69) is 49.6 Å². The fourth-order valence-corrected chi connectivity index (χ4v) is 9.01. The Morgan fingerprint density at radius 2 is 0.946 bits per heavy atom. The number of rotatable bonds is 13. The Bertz CT molecular complexity index is 1980. The molecule has 0 aromatic heterocycles. The third-order valence-corrected chi connectivity index (χ3v) is 11.7. The summed E-state index contributed by atoms with van der Waals surface area (Å²) in [7, 11) is 0. The molecule has 0 amide bonds. The largest absolute Gasteiger partial charge is 0.504 e. The van der Waals surface area contributed by atoms with E-state index in [0.29, 0.717) is 35.3 Å². The number of hydrogen-bond donors (Lipinski definition) is 4. The molecule has 4 aromatic carbocycles. The lowest BCUT2D eigenvalue weighted by Crippen LogP contribution is -2.37. The Morgan fingerprint density at radius 1 is 0.589 bits per heavy atom. The lowest BCUT2D eigenvalue weighted by molar-refractivity contribution is 0.0377. The van der Waals surface area contributed by atoms with E-state index in [9.17, 15) is 20.4 Å². The van der Waals surface area contributed by atoms with Crippen LogP contribution in [-0.2, 0) is 9.47 Å². The number of ether oxygens (including phenoxy) is 2. The minimum absolute atomic E-state index is 0.0440. The lowest BCUT2D eigenvalue weighted by atomic mass is 9.80. The summed E-state index contributed by atoms with van der Waals surface area (Å²) in [6.45, 7) is 26.3. The molecule has 2 saturated heterocycles. The van der Waals surface area contributed by atoms with Gasteiger partial charge in [-0.2, -0.15) is 0 Å². The van der Waals surface area contributed by atoms with Gasteiger partial charge in [0.25, 0.3) is 0 Å². The van der Waals surface area contributed by atoms with Crippen LogP contribution in [0.4, 0.5) is 0 Å². The number of benzene rings is 4. The molecule has 4 N–H and O–H groups in total. The zero-order valence-corrected chi connectivity index (χ0v) is 34.8.